The number of pyridine rings is 1. The molecule has 1 saturated heterocycles. The van der Waals surface area contributed by atoms with Crippen molar-refractivity contribution >= 4 is 16.9 Å². The number of methoxy groups -OCH3 is 1. The highest BCUT2D eigenvalue weighted by molar-refractivity contribution is 6.00. The number of rotatable bonds is 4. The Hall–Kier alpha value is -2.93. The number of benzene rings is 1. The molecule has 2 N–H and O–H groups in total. The molecule has 29 heavy (non-hydrogen) atoms. The number of imidazole rings is 1. The van der Waals surface area contributed by atoms with Gasteiger partial charge in [-0.15, -0.1) is 0 Å². The first kappa shape index (κ1) is 19.4. The summed E-state index contributed by atoms with van der Waals surface area (Å²) in [5.41, 5.74) is 10.2. The molecule has 7 nitrogen and oxygen atoms in total. The first-order valence-electron chi connectivity index (χ1n) is 10.1. The van der Waals surface area contributed by atoms with E-state index in [2.05, 4.69) is 11.9 Å². The lowest BCUT2D eigenvalue weighted by atomic mass is 10.0. The summed E-state index contributed by atoms with van der Waals surface area (Å²) in [4.78, 5) is 24.3. The van der Waals surface area contributed by atoms with E-state index in [1.807, 2.05) is 34.7 Å². The van der Waals surface area contributed by atoms with E-state index in [1.165, 1.54) is 0 Å². The maximum atomic E-state index is 13.1. The van der Waals surface area contributed by atoms with Crippen molar-refractivity contribution in [2.24, 2.45) is 12.8 Å². The third kappa shape index (κ3) is 3.46. The van der Waals surface area contributed by atoms with Crippen molar-refractivity contribution in [3.63, 3.8) is 0 Å². The van der Waals surface area contributed by atoms with Crippen LogP contribution in [0.5, 0.6) is 5.75 Å². The fraction of sp³-hybridized carbons (Fsp3) is 0.409. The van der Waals surface area contributed by atoms with Gasteiger partial charge in [0.05, 0.1) is 18.3 Å². The number of hydrogen-bond donors (Lipinski definition) is 1. The molecule has 1 atom stereocenters. The zero-order valence-corrected chi connectivity index (χ0v) is 17.2. The van der Waals surface area contributed by atoms with Crippen LogP contribution >= 0.6 is 0 Å². The molecule has 3 aromatic rings. The van der Waals surface area contributed by atoms with E-state index in [1.54, 1.807) is 19.4 Å². The Morgan fingerprint density at radius 3 is 2.93 bits per heavy atom. The van der Waals surface area contributed by atoms with Gasteiger partial charge in [-0.25, -0.2) is 4.98 Å². The Balaban J connectivity index is 1.81. The molecule has 1 amide bonds. The van der Waals surface area contributed by atoms with E-state index >= 15 is 0 Å². The molecule has 0 unspecified atom stereocenters. The third-order valence-electron chi connectivity index (χ3n) is 5.61. The zero-order chi connectivity index (χ0) is 20.5. The van der Waals surface area contributed by atoms with Crippen LogP contribution in [-0.2, 0) is 13.5 Å². The number of aromatic nitrogens is 3. The van der Waals surface area contributed by atoms with Crippen LogP contribution in [-0.4, -0.2) is 51.6 Å². The number of nitrogens with two attached hydrogens (primary N) is 1. The van der Waals surface area contributed by atoms with Crippen LogP contribution < -0.4 is 10.5 Å². The second kappa shape index (κ2) is 7.83. The number of fused-ring (bicyclic) bond motifs is 1. The summed E-state index contributed by atoms with van der Waals surface area (Å²) in [5.74, 6) is 1.42. The average molecular weight is 393 g/mol. The van der Waals surface area contributed by atoms with Gasteiger partial charge in [0.1, 0.15) is 17.1 Å². The van der Waals surface area contributed by atoms with Gasteiger partial charge in [0.25, 0.3) is 5.91 Å². The minimum absolute atomic E-state index is 0.0248. The lowest BCUT2D eigenvalue weighted by Crippen LogP contribution is -2.45. The molecule has 0 spiro atoms. The number of likely N-dealkylation sites (tertiary alicyclic amines) is 1. The molecule has 152 valence electrons. The number of hydrogen-bond acceptors (Lipinski definition) is 5. The predicted octanol–water partition coefficient (Wildman–Crippen LogP) is 2.77. The largest absolute Gasteiger partial charge is 0.494 e. The van der Waals surface area contributed by atoms with E-state index in [-0.39, 0.29) is 11.9 Å². The molecule has 1 fully saturated rings. The maximum absolute atomic E-state index is 13.1. The second-order valence-corrected chi connectivity index (χ2v) is 7.55. The fourth-order valence-corrected chi connectivity index (χ4v) is 4.13. The normalized spacial score (nSPS) is 17.0. The van der Waals surface area contributed by atoms with Crippen molar-refractivity contribution in [3.8, 4) is 17.1 Å². The van der Waals surface area contributed by atoms with Gasteiger partial charge in [-0.3, -0.25) is 9.78 Å². The smallest absolute Gasteiger partial charge is 0.254 e. The number of nitrogens with zero attached hydrogens (tertiary/aromatic N) is 4. The van der Waals surface area contributed by atoms with E-state index in [4.69, 9.17) is 15.5 Å². The molecule has 0 bridgehead atoms. The average Bonchev–Trinajstić information content (AvgIpc) is 3.08. The van der Waals surface area contributed by atoms with Crippen LogP contribution in [0.25, 0.3) is 22.4 Å². The van der Waals surface area contributed by atoms with Gasteiger partial charge in [-0.1, -0.05) is 6.92 Å². The van der Waals surface area contributed by atoms with Crippen molar-refractivity contribution in [2.45, 2.75) is 32.2 Å². The highest BCUT2D eigenvalue weighted by Gasteiger charge is 2.25. The van der Waals surface area contributed by atoms with Crippen LogP contribution in [0.4, 0.5) is 0 Å². The lowest BCUT2D eigenvalue weighted by Gasteiger charge is -2.30. The van der Waals surface area contributed by atoms with Gasteiger partial charge in [0.2, 0.25) is 0 Å². The van der Waals surface area contributed by atoms with Crippen molar-refractivity contribution in [2.75, 3.05) is 20.2 Å². The number of ether oxygens (including phenoxy) is 1. The molecule has 0 aliphatic carbocycles. The van der Waals surface area contributed by atoms with Crippen LogP contribution in [0.3, 0.4) is 0 Å². The third-order valence-corrected chi connectivity index (χ3v) is 5.61. The summed E-state index contributed by atoms with van der Waals surface area (Å²) in [6.45, 7) is 3.40. The van der Waals surface area contributed by atoms with Crippen LogP contribution in [0, 0.1) is 0 Å². The quantitative estimate of drug-likeness (QED) is 0.737. The maximum Gasteiger partial charge on any atom is 0.254 e. The highest BCUT2D eigenvalue weighted by Crippen LogP contribution is 2.33. The Morgan fingerprint density at radius 1 is 1.38 bits per heavy atom. The number of piperidine rings is 1. The monoisotopic (exact) mass is 393 g/mol. The molecule has 1 aliphatic heterocycles. The lowest BCUT2D eigenvalue weighted by molar-refractivity contribution is 0.0708. The van der Waals surface area contributed by atoms with Gasteiger partial charge in [-0.05, 0) is 43.5 Å². The standard InChI is InChI=1S/C22H27N5O2/c1-4-17-16(8-5-9-24-17)21-25-18-11-14(12-19(29-3)20(18)26(21)2)22(28)27-10-6-7-15(23)13-27/h5,8-9,11-12,15H,4,6-7,10,13,23H2,1-3H3/t15-/m1/s1. The van der Waals surface area contributed by atoms with E-state index in [9.17, 15) is 4.79 Å². The Morgan fingerprint density at radius 2 is 2.21 bits per heavy atom. The van der Waals surface area contributed by atoms with Crippen molar-refractivity contribution in [1.29, 1.82) is 0 Å². The van der Waals surface area contributed by atoms with Gasteiger partial charge >= 0.3 is 0 Å². The minimum Gasteiger partial charge on any atom is -0.494 e. The number of amides is 1. The molecule has 7 heteroatoms. The number of carbonyl (C=O) groups is 1. The Labute approximate surface area is 170 Å². The first-order chi connectivity index (χ1) is 14.0. The molecule has 2 aromatic heterocycles. The summed E-state index contributed by atoms with van der Waals surface area (Å²) >= 11 is 0. The summed E-state index contributed by atoms with van der Waals surface area (Å²) < 4.78 is 7.65. The molecule has 0 radical (unpaired) electrons. The molecule has 0 saturated carbocycles. The zero-order valence-electron chi connectivity index (χ0n) is 17.2. The van der Waals surface area contributed by atoms with E-state index in [0.29, 0.717) is 17.9 Å². The number of aryl methyl sites for hydroxylation is 2. The topological polar surface area (TPSA) is 86.3 Å². The molecular formula is C22H27N5O2. The van der Waals surface area contributed by atoms with Gasteiger partial charge in [0, 0.05) is 43.5 Å². The molecule has 4 rings (SSSR count). The minimum atomic E-state index is -0.0248. The van der Waals surface area contributed by atoms with Crippen LogP contribution in [0.2, 0.25) is 0 Å². The fourth-order valence-electron chi connectivity index (χ4n) is 4.13. The summed E-state index contributed by atoms with van der Waals surface area (Å²) in [6, 6.07) is 7.64. The van der Waals surface area contributed by atoms with E-state index < -0.39 is 0 Å². The van der Waals surface area contributed by atoms with Crippen LogP contribution in [0.1, 0.15) is 35.8 Å². The summed E-state index contributed by atoms with van der Waals surface area (Å²) in [7, 11) is 3.58. The SMILES string of the molecule is CCc1ncccc1-c1nc2cc(C(=O)N3CCC[C@@H](N)C3)cc(OC)c2n1C. The second-order valence-electron chi connectivity index (χ2n) is 7.55. The van der Waals surface area contributed by atoms with Crippen LogP contribution in [0.15, 0.2) is 30.5 Å². The summed E-state index contributed by atoms with van der Waals surface area (Å²) in [6.07, 6.45) is 4.50. The predicted molar refractivity (Wildman–Crippen MR) is 113 cm³/mol. The van der Waals surface area contributed by atoms with Crippen molar-refractivity contribution in [1.82, 2.24) is 19.4 Å². The Kier molecular flexibility index (Phi) is 5.24. The molecule has 1 aromatic carbocycles. The Bertz CT molecular complexity index is 1060. The van der Waals surface area contributed by atoms with Gasteiger partial charge in [0.15, 0.2) is 0 Å². The van der Waals surface area contributed by atoms with Crippen molar-refractivity contribution in [3.05, 3.63) is 41.7 Å². The van der Waals surface area contributed by atoms with Crippen molar-refractivity contribution < 1.29 is 9.53 Å². The molecule has 3 heterocycles. The highest BCUT2D eigenvalue weighted by atomic mass is 16.5. The first-order valence-corrected chi connectivity index (χ1v) is 10.1. The van der Waals surface area contributed by atoms with E-state index in [0.717, 1.165) is 53.9 Å². The summed E-state index contributed by atoms with van der Waals surface area (Å²) in [5, 5.41) is 0. The van der Waals surface area contributed by atoms with Gasteiger partial charge in [-0.2, -0.15) is 0 Å². The molecular weight excluding hydrogens is 366 g/mol. The van der Waals surface area contributed by atoms with Gasteiger partial charge < -0.3 is 19.9 Å². The molecule has 1 aliphatic rings. The number of carbonyl (C=O) groups excluding carboxylic acids is 1.